The standard InChI is InChI=1S/C5H12N2/c1-4(2)5(3)7-6/h5,7H,1,6H2,2-3H3/t5-/m1/s1. The van der Waals surface area contributed by atoms with Crippen molar-refractivity contribution in [3.8, 4) is 0 Å². The van der Waals surface area contributed by atoms with Crippen LogP contribution in [0.15, 0.2) is 12.2 Å². The van der Waals surface area contributed by atoms with E-state index in [-0.39, 0.29) is 6.04 Å². The lowest BCUT2D eigenvalue weighted by Gasteiger charge is -2.06. The molecule has 0 aromatic heterocycles. The van der Waals surface area contributed by atoms with Crippen molar-refractivity contribution in [3.63, 3.8) is 0 Å². The van der Waals surface area contributed by atoms with Gasteiger partial charge in [0.15, 0.2) is 0 Å². The smallest absolute Gasteiger partial charge is 0.0386 e. The molecular weight excluding hydrogens is 88.1 g/mol. The molecule has 0 aromatic rings. The lowest BCUT2D eigenvalue weighted by Crippen LogP contribution is -2.32. The molecule has 0 fully saturated rings. The third-order valence-electron chi connectivity index (χ3n) is 0.989. The van der Waals surface area contributed by atoms with E-state index in [2.05, 4.69) is 12.0 Å². The Morgan fingerprint density at radius 3 is 2.29 bits per heavy atom. The Hall–Kier alpha value is -0.340. The summed E-state index contributed by atoms with van der Waals surface area (Å²) in [5.41, 5.74) is 3.62. The minimum Gasteiger partial charge on any atom is -0.271 e. The lowest BCUT2D eigenvalue weighted by molar-refractivity contribution is 0.641. The summed E-state index contributed by atoms with van der Waals surface area (Å²) >= 11 is 0. The van der Waals surface area contributed by atoms with Crippen molar-refractivity contribution in [3.05, 3.63) is 12.2 Å². The minimum absolute atomic E-state index is 0.236. The molecule has 0 aliphatic heterocycles. The highest BCUT2D eigenvalue weighted by Crippen LogP contribution is 1.91. The van der Waals surface area contributed by atoms with Gasteiger partial charge in [-0.15, -0.1) is 0 Å². The van der Waals surface area contributed by atoms with Crippen LogP contribution >= 0.6 is 0 Å². The summed E-state index contributed by atoms with van der Waals surface area (Å²) in [6.45, 7) is 7.58. The maximum atomic E-state index is 5.06. The van der Waals surface area contributed by atoms with Crippen molar-refractivity contribution in [2.75, 3.05) is 0 Å². The molecule has 0 aliphatic carbocycles. The molecule has 7 heavy (non-hydrogen) atoms. The average Bonchev–Trinajstić information content (AvgIpc) is 1.65. The van der Waals surface area contributed by atoms with Crippen molar-refractivity contribution >= 4 is 0 Å². The number of hydrogen-bond donors (Lipinski definition) is 2. The summed E-state index contributed by atoms with van der Waals surface area (Å²) in [5, 5.41) is 0. The number of rotatable bonds is 2. The van der Waals surface area contributed by atoms with Gasteiger partial charge in [-0.3, -0.25) is 11.3 Å². The van der Waals surface area contributed by atoms with Gasteiger partial charge in [-0.2, -0.15) is 0 Å². The van der Waals surface area contributed by atoms with Crippen LogP contribution in [0.5, 0.6) is 0 Å². The molecule has 2 nitrogen and oxygen atoms in total. The van der Waals surface area contributed by atoms with Crippen molar-refractivity contribution in [2.24, 2.45) is 5.84 Å². The number of nitrogens with one attached hydrogen (secondary N) is 1. The van der Waals surface area contributed by atoms with E-state index in [4.69, 9.17) is 5.84 Å². The van der Waals surface area contributed by atoms with Gasteiger partial charge in [0.05, 0.1) is 0 Å². The maximum Gasteiger partial charge on any atom is 0.0386 e. The predicted molar refractivity (Wildman–Crippen MR) is 31.6 cm³/mol. The van der Waals surface area contributed by atoms with E-state index in [9.17, 15) is 0 Å². The fourth-order valence-corrected chi connectivity index (χ4v) is 0.142. The first kappa shape index (κ1) is 6.66. The first-order valence-electron chi connectivity index (χ1n) is 2.30. The van der Waals surface area contributed by atoms with E-state index < -0.39 is 0 Å². The first-order valence-corrected chi connectivity index (χ1v) is 2.30. The van der Waals surface area contributed by atoms with Crippen LogP contribution in [-0.4, -0.2) is 6.04 Å². The van der Waals surface area contributed by atoms with Gasteiger partial charge < -0.3 is 0 Å². The zero-order valence-electron chi connectivity index (χ0n) is 4.86. The highest BCUT2D eigenvalue weighted by molar-refractivity contribution is 4.97. The molecule has 42 valence electrons. The molecule has 3 N–H and O–H groups in total. The maximum absolute atomic E-state index is 5.06. The number of hydrogen-bond acceptors (Lipinski definition) is 2. The highest BCUT2D eigenvalue weighted by Gasteiger charge is 1.93. The summed E-state index contributed by atoms with van der Waals surface area (Å²) in [6, 6.07) is 0.236. The molecule has 0 rings (SSSR count). The molecule has 0 aliphatic rings. The molecule has 0 saturated carbocycles. The molecular formula is C5H12N2. The van der Waals surface area contributed by atoms with E-state index in [1.54, 1.807) is 0 Å². The van der Waals surface area contributed by atoms with Crippen LogP contribution in [0, 0.1) is 0 Å². The Kier molecular flexibility index (Phi) is 2.64. The molecule has 0 unspecified atom stereocenters. The highest BCUT2D eigenvalue weighted by atomic mass is 15.2. The zero-order chi connectivity index (χ0) is 5.86. The van der Waals surface area contributed by atoms with Crippen LogP contribution in [0.3, 0.4) is 0 Å². The van der Waals surface area contributed by atoms with Gasteiger partial charge in [-0.1, -0.05) is 12.2 Å². The van der Waals surface area contributed by atoms with Crippen molar-refractivity contribution in [1.29, 1.82) is 0 Å². The summed E-state index contributed by atoms with van der Waals surface area (Å²) in [7, 11) is 0. The molecule has 0 aromatic carbocycles. The summed E-state index contributed by atoms with van der Waals surface area (Å²) < 4.78 is 0. The fourth-order valence-electron chi connectivity index (χ4n) is 0.142. The van der Waals surface area contributed by atoms with Crippen LogP contribution in [0.1, 0.15) is 13.8 Å². The van der Waals surface area contributed by atoms with E-state index in [1.807, 2.05) is 13.8 Å². The normalized spacial score (nSPS) is 13.6. The molecule has 0 heterocycles. The molecule has 0 radical (unpaired) electrons. The summed E-state index contributed by atoms with van der Waals surface area (Å²) in [4.78, 5) is 0. The fraction of sp³-hybridized carbons (Fsp3) is 0.600. The van der Waals surface area contributed by atoms with Gasteiger partial charge in [-0.05, 0) is 13.8 Å². The second-order valence-corrected chi connectivity index (χ2v) is 1.73. The SMILES string of the molecule is C=C(C)[C@@H](C)NN. The van der Waals surface area contributed by atoms with E-state index in [0.717, 1.165) is 5.57 Å². The quantitative estimate of drug-likeness (QED) is 0.300. The van der Waals surface area contributed by atoms with E-state index in [1.165, 1.54) is 0 Å². The molecule has 0 amide bonds. The summed E-state index contributed by atoms with van der Waals surface area (Å²) in [6.07, 6.45) is 0. The average molecular weight is 100 g/mol. The molecule has 0 bridgehead atoms. The molecule has 0 spiro atoms. The Bertz CT molecular complexity index is 68.5. The van der Waals surface area contributed by atoms with Crippen LogP contribution < -0.4 is 11.3 Å². The Balaban J connectivity index is 3.34. The van der Waals surface area contributed by atoms with E-state index in [0.29, 0.717) is 0 Å². The monoisotopic (exact) mass is 100 g/mol. The predicted octanol–water partition coefficient (Wildman–Crippen LogP) is 0.414. The van der Waals surface area contributed by atoms with Gasteiger partial charge >= 0.3 is 0 Å². The third kappa shape index (κ3) is 2.37. The molecule has 1 atom stereocenters. The molecule has 0 saturated heterocycles. The number of nitrogens with two attached hydrogens (primary N) is 1. The van der Waals surface area contributed by atoms with Gasteiger partial charge in [0.1, 0.15) is 0 Å². The Morgan fingerprint density at radius 2 is 2.29 bits per heavy atom. The van der Waals surface area contributed by atoms with Crippen LogP contribution in [0.2, 0.25) is 0 Å². The second-order valence-electron chi connectivity index (χ2n) is 1.73. The van der Waals surface area contributed by atoms with E-state index >= 15 is 0 Å². The lowest BCUT2D eigenvalue weighted by atomic mass is 10.2. The van der Waals surface area contributed by atoms with Gasteiger partial charge in [0, 0.05) is 6.04 Å². The minimum atomic E-state index is 0.236. The van der Waals surface area contributed by atoms with Gasteiger partial charge in [-0.25, -0.2) is 0 Å². The van der Waals surface area contributed by atoms with Crippen LogP contribution in [0.25, 0.3) is 0 Å². The summed E-state index contributed by atoms with van der Waals surface area (Å²) in [5.74, 6) is 5.06. The van der Waals surface area contributed by atoms with Crippen molar-refractivity contribution in [1.82, 2.24) is 5.43 Å². The van der Waals surface area contributed by atoms with Crippen LogP contribution in [-0.2, 0) is 0 Å². The topological polar surface area (TPSA) is 38.0 Å². The number of hydrazine groups is 1. The largest absolute Gasteiger partial charge is 0.271 e. The Morgan fingerprint density at radius 1 is 1.86 bits per heavy atom. The first-order chi connectivity index (χ1) is 3.18. The zero-order valence-corrected chi connectivity index (χ0v) is 4.86. The Labute approximate surface area is 44.4 Å². The van der Waals surface area contributed by atoms with Crippen molar-refractivity contribution in [2.45, 2.75) is 19.9 Å². The third-order valence-corrected chi connectivity index (χ3v) is 0.989. The van der Waals surface area contributed by atoms with Crippen LogP contribution in [0.4, 0.5) is 0 Å². The van der Waals surface area contributed by atoms with Crippen molar-refractivity contribution < 1.29 is 0 Å². The molecule has 2 heteroatoms. The van der Waals surface area contributed by atoms with Gasteiger partial charge in [0.2, 0.25) is 0 Å². The second kappa shape index (κ2) is 2.77. The van der Waals surface area contributed by atoms with Gasteiger partial charge in [0.25, 0.3) is 0 Å².